The predicted molar refractivity (Wildman–Crippen MR) is 70.3 cm³/mol. The number of fused-ring (bicyclic) bond motifs is 1. The van der Waals surface area contributed by atoms with E-state index in [-0.39, 0.29) is 0 Å². The average molecular weight is 216 g/mol. The molecular weight excluding hydrogens is 200 g/mol. The number of rotatable bonds is 2. The molecule has 0 saturated carbocycles. The highest BCUT2D eigenvalue weighted by molar-refractivity contribution is 7.12. The minimum atomic E-state index is 1.20. The van der Waals surface area contributed by atoms with Crippen molar-refractivity contribution < 1.29 is 0 Å². The van der Waals surface area contributed by atoms with Gasteiger partial charge in [0.2, 0.25) is 0 Å². The Morgan fingerprint density at radius 2 is 2.20 bits per heavy atom. The minimum Gasteiger partial charge on any atom is -0.144 e. The Morgan fingerprint density at radius 1 is 1.40 bits per heavy atom. The van der Waals surface area contributed by atoms with Crippen molar-refractivity contribution in [1.29, 1.82) is 0 Å². The van der Waals surface area contributed by atoms with Crippen molar-refractivity contribution in [2.24, 2.45) is 0 Å². The van der Waals surface area contributed by atoms with Gasteiger partial charge in [0.05, 0.1) is 0 Å². The van der Waals surface area contributed by atoms with E-state index in [0.29, 0.717) is 0 Å². The monoisotopic (exact) mass is 216 g/mol. The van der Waals surface area contributed by atoms with Crippen LogP contribution in [0, 0.1) is 6.92 Å². The van der Waals surface area contributed by atoms with Crippen molar-refractivity contribution in [3.63, 3.8) is 0 Å². The van der Waals surface area contributed by atoms with Crippen LogP contribution in [0.3, 0.4) is 0 Å². The van der Waals surface area contributed by atoms with Gasteiger partial charge in [-0.2, -0.15) is 0 Å². The molecule has 0 saturated heterocycles. The third kappa shape index (κ3) is 1.84. The fraction of sp³-hybridized carbons (Fsp3) is 0.286. The van der Waals surface area contributed by atoms with Gasteiger partial charge in [0.25, 0.3) is 0 Å². The molecule has 15 heavy (non-hydrogen) atoms. The lowest BCUT2D eigenvalue weighted by Gasteiger charge is -2.11. The van der Waals surface area contributed by atoms with Crippen LogP contribution < -0.4 is 0 Å². The second kappa shape index (κ2) is 4.19. The molecule has 1 aromatic heterocycles. The van der Waals surface area contributed by atoms with Gasteiger partial charge >= 0.3 is 0 Å². The summed E-state index contributed by atoms with van der Waals surface area (Å²) in [5, 5.41) is 0. The van der Waals surface area contributed by atoms with Crippen LogP contribution in [-0.2, 0) is 6.42 Å². The van der Waals surface area contributed by atoms with Gasteiger partial charge in [-0.05, 0) is 43.4 Å². The van der Waals surface area contributed by atoms with Gasteiger partial charge in [-0.1, -0.05) is 30.9 Å². The lowest BCUT2D eigenvalue weighted by molar-refractivity contribution is 1.00. The molecule has 0 fully saturated rings. The molecule has 0 N–H and O–H groups in total. The first-order chi connectivity index (χ1) is 7.24. The number of thiophene rings is 1. The van der Waals surface area contributed by atoms with Crippen molar-refractivity contribution in [1.82, 2.24) is 0 Å². The number of aryl methyl sites for hydroxylation is 2. The quantitative estimate of drug-likeness (QED) is 0.633. The van der Waals surface area contributed by atoms with E-state index >= 15 is 0 Å². The molecule has 1 heteroatoms. The predicted octanol–water partition coefficient (Wildman–Crippen LogP) is 4.61. The van der Waals surface area contributed by atoms with Crippen molar-refractivity contribution in [2.75, 3.05) is 0 Å². The molecule has 0 nitrogen and oxygen atoms in total. The Balaban J connectivity index is 2.56. The van der Waals surface area contributed by atoms with E-state index in [9.17, 15) is 0 Å². The van der Waals surface area contributed by atoms with Crippen molar-refractivity contribution in [3.8, 4) is 0 Å². The summed E-state index contributed by atoms with van der Waals surface area (Å²) in [5.41, 5.74) is 4.30. The molecule has 1 aliphatic rings. The van der Waals surface area contributed by atoms with E-state index in [1.807, 2.05) is 23.5 Å². The fourth-order valence-electron chi connectivity index (χ4n) is 2.11. The Kier molecular flexibility index (Phi) is 2.92. The largest absolute Gasteiger partial charge is 0.144 e. The van der Waals surface area contributed by atoms with Gasteiger partial charge in [-0.15, -0.1) is 11.3 Å². The van der Waals surface area contributed by atoms with Gasteiger partial charge in [-0.25, -0.2) is 0 Å². The van der Waals surface area contributed by atoms with Crippen molar-refractivity contribution in [2.45, 2.75) is 26.7 Å². The zero-order valence-corrected chi connectivity index (χ0v) is 10.2. The standard InChI is InChI=1S/C14H16S/c1-4-5-8-12-11(3)15-13-9-6-7-10(2)14(12)13/h4-5,7-8H,1,6,9H2,2-3H3/b8-5-. The Hall–Kier alpha value is -1.08. The zero-order valence-electron chi connectivity index (χ0n) is 9.34. The smallest absolute Gasteiger partial charge is 0.0132 e. The Bertz CT molecular complexity index is 444. The van der Waals surface area contributed by atoms with Crippen LogP contribution in [0.25, 0.3) is 11.6 Å². The highest BCUT2D eigenvalue weighted by atomic mass is 32.1. The average Bonchev–Trinajstić information content (AvgIpc) is 2.53. The maximum Gasteiger partial charge on any atom is 0.0132 e. The Morgan fingerprint density at radius 3 is 2.93 bits per heavy atom. The SMILES string of the molecule is C=C/C=C\c1c(C)sc2c1C(C)=CCC2. The van der Waals surface area contributed by atoms with Gasteiger partial charge in [0.1, 0.15) is 0 Å². The summed E-state index contributed by atoms with van der Waals surface area (Å²) >= 11 is 1.94. The summed E-state index contributed by atoms with van der Waals surface area (Å²) in [4.78, 5) is 2.98. The van der Waals surface area contributed by atoms with E-state index < -0.39 is 0 Å². The van der Waals surface area contributed by atoms with Crippen LogP contribution in [0.2, 0.25) is 0 Å². The first-order valence-electron chi connectivity index (χ1n) is 5.32. The van der Waals surface area contributed by atoms with Crippen LogP contribution in [0.4, 0.5) is 0 Å². The van der Waals surface area contributed by atoms with E-state index in [1.54, 1.807) is 4.88 Å². The molecule has 1 aliphatic carbocycles. The summed E-state index contributed by atoms with van der Waals surface area (Å²) in [5.74, 6) is 0. The first kappa shape index (κ1) is 10.4. The van der Waals surface area contributed by atoms with E-state index in [1.165, 1.54) is 34.4 Å². The van der Waals surface area contributed by atoms with Crippen molar-refractivity contribution in [3.05, 3.63) is 45.7 Å². The second-order valence-corrected chi connectivity index (χ2v) is 5.20. The molecule has 0 atom stereocenters. The number of hydrogen-bond acceptors (Lipinski definition) is 1. The molecule has 0 spiro atoms. The third-order valence-corrected chi connectivity index (χ3v) is 4.00. The number of hydrogen-bond donors (Lipinski definition) is 0. The zero-order chi connectivity index (χ0) is 10.8. The lowest BCUT2D eigenvalue weighted by atomic mass is 9.94. The highest BCUT2D eigenvalue weighted by Gasteiger charge is 2.17. The summed E-state index contributed by atoms with van der Waals surface area (Å²) in [6.45, 7) is 8.15. The molecular formula is C14H16S. The van der Waals surface area contributed by atoms with Crippen LogP contribution in [0.15, 0.2) is 24.8 Å². The summed E-state index contributed by atoms with van der Waals surface area (Å²) < 4.78 is 0. The first-order valence-corrected chi connectivity index (χ1v) is 6.14. The lowest BCUT2D eigenvalue weighted by Crippen LogP contribution is -1.94. The molecule has 0 bridgehead atoms. The van der Waals surface area contributed by atoms with Crippen LogP contribution in [-0.4, -0.2) is 0 Å². The van der Waals surface area contributed by atoms with Crippen LogP contribution >= 0.6 is 11.3 Å². The molecule has 0 radical (unpaired) electrons. The van der Waals surface area contributed by atoms with Gasteiger partial charge < -0.3 is 0 Å². The van der Waals surface area contributed by atoms with Gasteiger partial charge in [0.15, 0.2) is 0 Å². The summed E-state index contributed by atoms with van der Waals surface area (Å²) in [7, 11) is 0. The molecule has 78 valence electrons. The second-order valence-electron chi connectivity index (χ2n) is 3.89. The van der Waals surface area contributed by atoms with Crippen LogP contribution in [0.5, 0.6) is 0 Å². The molecule has 2 rings (SSSR count). The van der Waals surface area contributed by atoms with Crippen molar-refractivity contribution >= 4 is 23.0 Å². The number of allylic oxidation sites excluding steroid dienone is 4. The molecule has 0 aliphatic heterocycles. The maximum absolute atomic E-state index is 3.72. The Labute approximate surface area is 95.6 Å². The maximum atomic E-state index is 3.72. The molecule has 0 unspecified atom stereocenters. The summed E-state index contributed by atoms with van der Waals surface area (Å²) in [6.07, 6.45) is 10.8. The van der Waals surface area contributed by atoms with Crippen LogP contribution in [0.1, 0.15) is 34.2 Å². The summed E-state index contributed by atoms with van der Waals surface area (Å²) in [6, 6.07) is 0. The normalized spacial score (nSPS) is 15.2. The van der Waals surface area contributed by atoms with E-state index in [4.69, 9.17) is 0 Å². The van der Waals surface area contributed by atoms with E-state index in [2.05, 4.69) is 32.6 Å². The molecule has 1 heterocycles. The molecule has 0 aromatic carbocycles. The topological polar surface area (TPSA) is 0 Å². The highest BCUT2D eigenvalue weighted by Crippen LogP contribution is 2.37. The third-order valence-electron chi connectivity index (χ3n) is 2.82. The van der Waals surface area contributed by atoms with Gasteiger partial charge in [0, 0.05) is 9.75 Å². The molecule has 1 aromatic rings. The van der Waals surface area contributed by atoms with E-state index in [0.717, 1.165) is 0 Å². The fourth-order valence-corrected chi connectivity index (χ4v) is 3.35. The molecule has 0 amide bonds. The minimum absolute atomic E-state index is 1.20. The van der Waals surface area contributed by atoms with Gasteiger partial charge in [-0.3, -0.25) is 0 Å².